The molecule has 0 unspecified atom stereocenters. The molecule has 0 saturated heterocycles. The summed E-state index contributed by atoms with van der Waals surface area (Å²) in [6.45, 7) is 1.14. The van der Waals surface area contributed by atoms with Crippen LogP contribution in [0.2, 0.25) is 0 Å². The zero-order chi connectivity index (χ0) is 23.1. The molecule has 3 rings (SSSR count). The van der Waals surface area contributed by atoms with Gasteiger partial charge in [0.25, 0.3) is 5.69 Å². The second kappa shape index (κ2) is 10.0. The van der Waals surface area contributed by atoms with Gasteiger partial charge in [-0.15, -0.1) is 0 Å². The van der Waals surface area contributed by atoms with E-state index in [-0.39, 0.29) is 29.5 Å². The monoisotopic (exact) mass is 458 g/mol. The Morgan fingerprint density at radius 3 is 2.50 bits per heavy atom. The topological polar surface area (TPSA) is 162 Å². The number of rotatable bonds is 10. The zero-order valence-electron chi connectivity index (χ0n) is 17.0. The molecule has 0 saturated carbocycles. The minimum Gasteiger partial charge on any atom is -0.379 e. The van der Waals surface area contributed by atoms with Crippen molar-refractivity contribution in [2.45, 2.75) is 24.4 Å². The third-order valence-corrected chi connectivity index (χ3v) is 5.49. The molecular formula is C20H22N6O5S. The summed E-state index contributed by atoms with van der Waals surface area (Å²) >= 11 is 0. The van der Waals surface area contributed by atoms with E-state index in [1.165, 1.54) is 12.1 Å². The SMILES string of the molecule is NS(=O)(=O)c1ccc(NCCC(=O)NCc2ccc(Cn3cccn3)cc2)c([N+](=O)[O-])c1. The van der Waals surface area contributed by atoms with E-state index in [1.54, 1.807) is 6.20 Å². The average molecular weight is 459 g/mol. The number of sulfonamides is 1. The number of amides is 1. The van der Waals surface area contributed by atoms with Gasteiger partial charge in [-0.25, -0.2) is 13.6 Å². The molecule has 0 atom stereocenters. The highest BCUT2D eigenvalue weighted by atomic mass is 32.2. The number of anilines is 1. The lowest BCUT2D eigenvalue weighted by Crippen LogP contribution is -2.25. The molecule has 168 valence electrons. The Labute approximate surface area is 184 Å². The van der Waals surface area contributed by atoms with Crippen molar-refractivity contribution in [3.05, 3.63) is 82.2 Å². The molecule has 0 bridgehead atoms. The van der Waals surface area contributed by atoms with Crippen LogP contribution >= 0.6 is 0 Å². The first-order chi connectivity index (χ1) is 15.2. The van der Waals surface area contributed by atoms with E-state index in [9.17, 15) is 23.3 Å². The number of carbonyl (C=O) groups excluding carboxylic acids is 1. The number of nitrogens with one attached hydrogen (secondary N) is 2. The van der Waals surface area contributed by atoms with E-state index in [4.69, 9.17) is 5.14 Å². The minimum atomic E-state index is -4.06. The molecule has 11 nitrogen and oxygen atoms in total. The second-order valence-electron chi connectivity index (χ2n) is 6.95. The molecule has 1 amide bonds. The molecule has 32 heavy (non-hydrogen) atoms. The van der Waals surface area contributed by atoms with Crippen molar-refractivity contribution in [3.63, 3.8) is 0 Å². The van der Waals surface area contributed by atoms with Crippen LogP contribution in [0, 0.1) is 10.1 Å². The molecule has 12 heteroatoms. The smallest absolute Gasteiger partial charge is 0.293 e. The molecule has 3 aromatic rings. The third-order valence-electron chi connectivity index (χ3n) is 4.58. The van der Waals surface area contributed by atoms with Crippen LogP contribution in [0.5, 0.6) is 0 Å². The molecule has 0 fully saturated rings. The van der Waals surface area contributed by atoms with Crippen molar-refractivity contribution in [3.8, 4) is 0 Å². The quantitative estimate of drug-likeness (QED) is 0.307. The van der Waals surface area contributed by atoms with Crippen LogP contribution < -0.4 is 15.8 Å². The van der Waals surface area contributed by atoms with Crippen molar-refractivity contribution in [2.75, 3.05) is 11.9 Å². The fourth-order valence-corrected chi connectivity index (χ4v) is 3.47. The first-order valence-electron chi connectivity index (χ1n) is 9.59. The third kappa shape index (κ3) is 6.36. The molecule has 1 heterocycles. The fourth-order valence-electron chi connectivity index (χ4n) is 2.93. The Morgan fingerprint density at radius 2 is 1.88 bits per heavy atom. The van der Waals surface area contributed by atoms with E-state index in [2.05, 4.69) is 15.7 Å². The largest absolute Gasteiger partial charge is 0.379 e. The summed E-state index contributed by atoms with van der Waals surface area (Å²) in [5, 5.41) is 26.0. The number of hydrogen-bond donors (Lipinski definition) is 3. The maximum absolute atomic E-state index is 12.1. The molecule has 0 radical (unpaired) electrons. The maximum Gasteiger partial charge on any atom is 0.293 e. The predicted octanol–water partition coefficient (Wildman–Crippen LogP) is 1.61. The van der Waals surface area contributed by atoms with Gasteiger partial charge in [0.15, 0.2) is 0 Å². The Bertz CT molecular complexity index is 1190. The summed E-state index contributed by atoms with van der Waals surface area (Å²) in [6.07, 6.45) is 3.67. The van der Waals surface area contributed by atoms with Gasteiger partial charge < -0.3 is 10.6 Å². The minimum absolute atomic E-state index is 0.0749. The Balaban J connectivity index is 1.47. The lowest BCUT2D eigenvalue weighted by molar-refractivity contribution is -0.384. The van der Waals surface area contributed by atoms with Gasteiger partial charge in [-0.05, 0) is 29.3 Å². The molecule has 4 N–H and O–H groups in total. The number of hydrogen-bond acceptors (Lipinski definition) is 7. The molecule has 2 aromatic carbocycles. The number of nitrogens with two attached hydrogens (primary N) is 1. The highest BCUT2D eigenvalue weighted by Crippen LogP contribution is 2.27. The van der Waals surface area contributed by atoms with Crippen molar-refractivity contribution in [1.82, 2.24) is 15.1 Å². The number of nitrogens with zero attached hydrogens (tertiary/aromatic N) is 3. The van der Waals surface area contributed by atoms with E-state index >= 15 is 0 Å². The van der Waals surface area contributed by atoms with Crippen molar-refractivity contribution >= 4 is 27.3 Å². The Morgan fingerprint density at radius 1 is 1.16 bits per heavy atom. The van der Waals surface area contributed by atoms with Crippen LogP contribution in [-0.4, -0.2) is 35.6 Å². The van der Waals surface area contributed by atoms with Crippen molar-refractivity contribution in [2.24, 2.45) is 5.14 Å². The van der Waals surface area contributed by atoms with Gasteiger partial charge in [0.05, 0.1) is 16.4 Å². The lowest BCUT2D eigenvalue weighted by atomic mass is 10.1. The Hall–Kier alpha value is -3.77. The molecule has 0 aliphatic heterocycles. The lowest BCUT2D eigenvalue weighted by Gasteiger charge is -2.09. The summed E-state index contributed by atoms with van der Waals surface area (Å²) < 4.78 is 24.6. The second-order valence-corrected chi connectivity index (χ2v) is 8.52. The standard InChI is InChI=1S/C20H22N6O5S/c21-32(30,31)17-6-7-18(19(12-17)26(28)29)22-10-8-20(27)23-13-15-2-4-16(5-3-15)14-25-11-1-9-24-25/h1-7,9,11-12,22H,8,10,13-14H2,(H,23,27)(H2,21,30,31). The van der Waals surface area contributed by atoms with Crippen molar-refractivity contribution < 1.29 is 18.1 Å². The van der Waals surface area contributed by atoms with E-state index in [0.717, 1.165) is 17.2 Å². The number of nitro benzene ring substituents is 1. The van der Waals surface area contributed by atoms with Crippen LogP contribution in [0.4, 0.5) is 11.4 Å². The molecule has 0 spiro atoms. The van der Waals surface area contributed by atoms with Gasteiger partial charge in [0.2, 0.25) is 15.9 Å². The number of nitro groups is 1. The summed E-state index contributed by atoms with van der Waals surface area (Å²) in [7, 11) is -4.06. The number of primary sulfonamides is 1. The van der Waals surface area contributed by atoms with Gasteiger partial charge in [0, 0.05) is 38.0 Å². The maximum atomic E-state index is 12.1. The van der Waals surface area contributed by atoms with Crippen LogP contribution in [0.15, 0.2) is 65.8 Å². The van der Waals surface area contributed by atoms with Gasteiger partial charge in [-0.3, -0.25) is 19.6 Å². The van der Waals surface area contributed by atoms with Gasteiger partial charge in [-0.1, -0.05) is 24.3 Å². The average Bonchev–Trinajstić information content (AvgIpc) is 3.25. The Kier molecular flexibility index (Phi) is 7.18. The number of aromatic nitrogens is 2. The predicted molar refractivity (Wildman–Crippen MR) is 117 cm³/mol. The first kappa shape index (κ1) is 22.9. The van der Waals surface area contributed by atoms with Gasteiger partial charge in [0.1, 0.15) is 5.69 Å². The van der Waals surface area contributed by atoms with Crippen LogP contribution in [0.25, 0.3) is 0 Å². The summed E-state index contributed by atoms with van der Waals surface area (Å²) in [5.41, 5.74) is 1.68. The molecule has 0 aliphatic rings. The molecule has 0 aliphatic carbocycles. The van der Waals surface area contributed by atoms with Crippen LogP contribution in [-0.2, 0) is 27.9 Å². The fraction of sp³-hybridized carbons (Fsp3) is 0.200. The highest BCUT2D eigenvalue weighted by Gasteiger charge is 2.19. The zero-order valence-corrected chi connectivity index (χ0v) is 17.8. The summed E-state index contributed by atoms with van der Waals surface area (Å²) in [4.78, 5) is 22.2. The summed E-state index contributed by atoms with van der Waals surface area (Å²) in [6, 6.07) is 12.9. The van der Waals surface area contributed by atoms with E-state index in [0.29, 0.717) is 13.1 Å². The highest BCUT2D eigenvalue weighted by molar-refractivity contribution is 7.89. The number of carbonyl (C=O) groups is 1. The van der Waals surface area contributed by atoms with Crippen LogP contribution in [0.1, 0.15) is 17.5 Å². The van der Waals surface area contributed by atoms with Gasteiger partial charge in [-0.2, -0.15) is 5.10 Å². The van der Waals surface area contributed by atoms with E-state index < -0.39 is 20.6 Å². The van der Waals surface area contributed by atoms with Crippen molar-refractivity contribution in [1.29, 1.82) is 0 Å². The first-order valence-corrected chi connectivity index (χ1v) is 11.1. The van der Waals surface area contributed by atoms with Gasteiger partial charge >= 0.3 is 0 Å². The van der Waals surface area contributed by atoms with Crippen LogP contribution in [0.3, 0.4) is 0 Å². The molecular weight excluding hydrogens is 436 g/mol. The number of benzene rings is 2. The summed E-state index contributed by atoms with van der Waals surface area (Å²) in [5.74, 6) is -0.234. The molecule has 1 aromatic heterocycles. The van der Waals surface area contributed by atoms with E-state index in [1.807, 2.05) is 41.2 Å². The normalized spacial score (nSPS) is 11.2.